The quantitative estimate of drug-likeness (QED) is 0.865. The molecular formula is C14H12BrF3N2O. The van der Waals surface area contributed by atoms with E-state index < -0.39 is 18.6 Å². The number of aromatic nitrogens is 1. The van der Waals surface area contributed by atoms with Gasteiger partial charge in [-0.05, 0) is 42.8 Å². The number of halogens is 4. The number of nitrogens with zero attached hydrogens (tertiary/aromatic N) is 1. The number of hydrogen-bond donors (Lipinski definition) is 1. The molecule has 0 saturated carbocycles. The van der Waals surface area contributed by atoms with Crippen LogP contribution in [0.3, 0.4) is 0 Å². The van der Waals surface area contributed by atoms with Crippen molar-refractivity contribution in [1.82, 2.24) is 4.57 Å². The molecular weight excluding hydrogens is 349 g/mol. The second-order valence-corrected chi connectivity index (χ2v) is 5.41. The number of benzene rings is 1. The maximum absolute atomic E-state index is 12.4. The third-order valence-corrected chi connectivity index (χ3v) is 3.72. The van der Waals surface area contributed by atoms with Crippen molar-refractivity contribution in [1.29, 1.82) is 0 Å². The van der Waals surface area contributed by atoms with Crippen LogP contribution in [0.25, 0.3) is 0 Å². The summed E-state index contributed by atoms with van der Waals surface area (Å²) < 4.78 is 39.1. The Morgan fingerprint density at radius 2 is 2.05 bits per heavy atom. The topological polar surface area (TPSA) is 34.0 Å². The highest BCUT2D eigenvalue weighted by Gasteiger charge is 2.29. The van der Waals surface area contributed by atoms with Gasteiger partial charge in [0, 0.05) is 16.4 Å². The van der Waals surface area contributed by atoms with Gasteiger partial charge in [0.2, 0.25) is 0 Å². The van der Waals surface area contributed by atoms with E-state index in [4.69, 9.17) is 0 Å². The SMILES string of the molecule is Cc1cc(NC(=O)c2cccn2CC(F)(F)F)ccc1Br. The van der Waals surface area contributed by atoms with Crippen LogP contribution in [0.15, 0.2) is 41.0 Å². The number of carbonyl (C=O) groups is 1. The molecule has 0 spiro atoms. The number of anilines is 1. The zero-order valence-electron chi connectivity index (χ0n) is 11.0. The standard InChI is InChI=1S/C14H12BrF3N2O/c1-9-7-10(4-5-11(9)15)19-13(21)12-3-2-6-20(12)8-14(16,17)18/h2-7H,8H2,1H3,(H,19,21). The lowest BCUT2D eigenvalue weighted by molar-refractivity contribution is -0.140. The molecule has 2 rings (SSSR count). The Balaban J connectivity index is 2.17. The average molecular weight is 361 g/mol. The Bertz CT molecular complexity index is 664. The van der Waals surface area contributed by atoms with E-state index in [9.17, 15) is 18.0 Å². The van der Waals surface area contributed by atoms with Crippen LogP contribution < -0.4 is 5.32 Å². The van der Waals surface area contributed by atoms with Crippen LogP contribution in [-0.4, -0.2) is 16.7 Å². The molecule has 1 heterocycles. The largest absolute Gasteiger partial charge is 0.406 e. The van der Waals surface area contributed by atoms with E-state index in [-0.39, 0.29) is 5.69 Å². The van der Waals surface area contributed by atoms with E-state index in [1.54, 1.807) is 18.2 Å². The molecule has 3 nitrogen and oxygen atoms in total. The molecule has 0 unspecified atom stereocenters. The molecule has 1 amide bonds. The Morgan fingerprint density at radius 3 is 2.67 bits per heavy atom. The minimum Gasteiger partial charge on any atom is -0.334 e. The average Bonchev–Trinajstić information content (AvgIpc) is 2.79. The van der Waals surface area contributed by atoms with Crippen molar-refractivity contribution in [2.45, 2.75) is 19.6 Å². The number of carbonyl (C=O) groups excluding carboxylic acids is 1. The summed E-state index contributed by atoms with van der Waals surface area (Å²) in [7, 11) is 0. The summed E-state index contributed by atoms with van der Waals surface area (Å²) in [6.07, 6.45) is -3.14. The zero-order valence-corrected chi connectivity index (χ0v) is 12.6. The summed E-state index contributed by atoms with van der Waals surface area (Å²) in [5.41, 5.74) is 1.41. The number of alkyl halides is 3. The summed E-state index contributed by atoms with van der Waals surface area (Å²) in [6, 6.07) is 7.94. The van der Waals surface area contributed by atoms with E-state index in [1.165, 1.54) is 18.3 Å². The Morgan fingerprint density at radius 1 is 1.33 bits per heavy atom. The lowest BCUT2D eigenvalue weighted by Crippen LogP contribution is -2.23. The molecule has 0 aliphatic rings. The van der Waals surface area contributed by atoms with Crippen LogP contribution in [0.1, 0.15) is 16.1 Å². The molecule has 0 aliphatic carbocycles. The van der Waals surface area contributed by atoms with E-state index in [1.807, 2.05) is 6.92 Å². The molecule has 112 valence electrons. The first-order valence-corrected chi connectivity index (χ1v) is 6.85. The summed E-state index contributed by atoms with van der Waals surface area (Å²) in [4.78, 5) is 12.1. The van der Waals surface area contributed by atoms with Crippen molar-refractivity contribution in [2.24, 2.45) is 0 Å². The normalized spacial score (nSPS) is 11.5. The van der Waals surface area contributed by atoms with E-state index in [0.29, 0.717) is 5.69 Å². The van der Waals surface area contributed by atoms with Crippen molar-refractivity contribution >= 4 is 27.5 Å². The molecule has 0 radical (unpaired) electrons. The second-order valence-electron chi connectivity index (χ2n) is 4.55. The maximum Gasteiger partial charge on any atom is 0.406 e. The van der Waals surface area contributed by atoms with Gasteiger partial charge in [0.05, 0.1) is 0 Å². The highest BCUT2D eigenvalue weighted by atomic mass is 79.9. The summed E-state index contributed by atoms with van der Waals surface area (Å²) in [5.74, 6) is -0.578. The predicted molar refractivity (Wildman–Crippen MR) is 77.3 cm³/mol. The summed E-state index contributed by atoms with van der Waals surface area (Å²) in [5, 5.41) is 2.59. The lowest BCUT2D eigenvalue weighted by atomic mass is 10.2. The molecule has 2 aromatic rings. The zero-order chi connectivity index (χ0) is 15.6. The van der Waals surface area contributed by atoms with Crippen LogP contribution in [0, 0.1) is 6.92 Å². The molecule has 21 heavy (non-hydrogen) atoms. The molecule has 0 saturated heterocycles. The predicted octanol–water partition coefficient (Wildman–Crippen LogP) is 4.37. The van der Waals surface area contributed by atoms with Gasteiger partial charge in [0.15, 0.2) is 0 Å². The van der Waals surface area contributed by atoms with Gasteiger partial charge >= 0.3 is 6.18 Å². The highest BCUT2D eigenvalue weighted by molar-refractivity contribution is 9.10. The summed E-state index contributed by atoms with van der Waals surface area (Å²) in [6.45, 7) is 0.661. The van der Waals surface area contributed by atoms with Gasteiger partial charge in [-0.25, -0.2) is 0 Å². The van der Waals surface area contributed by atoms with Crippen molar-refractivity contribution in [3.63, 3.8) is 0 Å². The van der Waals surface area contributed by atoms with Crippen molar-refractivity contribution in [3.8, 4) is 0 Å². The molecule has 1 aromatic heterocycles. The monoisotopic (exact) mass is 360 g/mol. The minimum absolute atomic E-state index is 0.0344. The van der Waals surface area contributed by atoms with Crippen molar-refractivity contribution < 1.29 is 18.0 Å². The van der Waals surface area contributed by atoms with Crippen LogP contribution in [-0.2, 0) is 6.54 Å². The molecule has 0 atom stereocenters. The van der Waals surface area contributed by atoms with Gasteiger partial charge in [-0.3, -0.25) is 4.79 Å². The van der Waals surface area contributed by atoms with Gasteiger partial charge in [0.1, 0.15) is 12.2 Å². The lowest BCUT2D eigenvalue weighted by Gasteiger charge is -2.12. The molecule has 0 bridgehead atoms. The van der Waals surface area contributed by atoms with Crippen LogP contribution in [0.5, 0.6) is 0 Å². The molecule has 0 fully saturated rings. The second kappa shape index (κ2) is 5.93. The number of amides is 1. The molecule has 0 aliphatic heterocycles. The van der Waals surface area contributed by atoms with Gasteiger partial charge in [-0.15, -0.1) is 0 Å². The fraction of sp³-hybridized carbons (Fsp3) is 0.214. The first-order chi connectivity index (χ1) is 9.76. The van der Waals surface area contributed by atoms with E-state index in [0.717, 1.165) is 14.6 Å². The highest BCUT2D eigenvalue weighted by Crippen LogP contribution is 2.22. The Kier molecular flexibility index (Phi) is 4.41. The third kappa shape index (κ3) is 4.10. The number of hydrogen-bond acceptors (Lipinski definition) is 1. The number of nitrogens with one attached hydrogen (secondary N) is 1. The molecule has 1 aromatic carbocycles. The Labute approximate surface area is 127 Å². The number of rotatable bonds is 3. The van der Waals surface area contributed by atoms with Gasteiger partial charge in [-0.1, -0.05) is 15.9 Å². The van der Waals surface area contributed by atoms with Crippen molar-refractivity contribution in [2.75, 3.05) is 5.32 Å². The van der Waals surface area contributed by atoms with E-state index >= 15 is 0 Å². The smallest absolute Gasteiger partial charge is 0.334 e. The number of aryl methyl sites for hydroxylation is 1. The molecule has 7 heteroatoms. The summed E-state index contributed by atoms with van der Waals surface area (Å²) >= 11 is 3.34. The van der Waals surface area contributed by atoms with Crippen LogP contribution in [0.2, 0.25) is 0 Å². The third-order valence-electron chi connectivity index (χ3n) is 2.83. The van der Waals surface area contributed by atoms with E-state index in [2.05, 4.69) is 21.2 Å². The first kappa shape index (κ1) is 15.6. The fourth-order valence-electron chi connectivity index (χ4n) is 1.87. The van der Waals surface area contributed by atoms with Crippen LogP contribution in [0.4, 0.5) is 18.9 Å². The van der Waals surface area contributed by atoms with Crippen LogP contribution >= 0.6 is 15.9 Å². The first-order valence-electron chi connectivity index (χ1n) is 6.06. The van der Waals surface area contributed by atoms with Crippen molar-refractivity contribution in [3.05, 3.63) is 52.3 Å². The van der Waals surface area contributed by atoms with Gasteiger partial charge < -0.3 is 9.88 Å². The maximum atomic E-state index is 12.4. The Hall–Kier alpha value is -1.76. The minimum atomic E-state index is -4.37. The molecule has 1 N–H and O–H groups in total. The van der Waals surface area contributed by atoms with Gasteiger partial charge in [-0.2, -0.15) is 13.2 Å². The van der Waals surface area contributed by atoms with Gasteiger partial charge in [0.25, 0.3) is 5.91 Å². The fourth-order valence-corrected chi connectivity index (χ4v) is 2.12.